The Morgan fingerprint density at radius 2 is 2.07 bits per heavy atom. The minimum atomic E-state index is -0.388. The van der Waals surface area contributed by atoms with E-state index < -0.39 is 0 Å². The molecule has 0 N–H and O–H groups in total. The molecule has 2 rings (SSSR count). The molecule has 2 fully saturated rings. The van der Waals surface area contributed by atoms with Crippen LogP contribution < -0.4 is 0 Å². The van der Waals surface area contributed by atoms with E-state index in [0.717, 1.165) is 13.0 Å². The molecule has 0 aromatic heterocycles. The van der Waals surface area contributed by atoms with E-state index in [4.69, 9.17) is 4.74 Å². The van der Waals surface area contributed by atoms with Crippen molar-refractivity contribution in [2.45, 2.75) is 50.1 Å². The molecule has 0 spiro atoms. The van der Waals surface area contributed by atoms with Crippen molar-refractivity contribution >= 4 is 22.0 Å². The van der Waals surface area contributed by atoms with Crippen molar-refractivity contribution in [3.05, 3.63) is 0 Å². The highest BCUT2D eigenvalue weighted by Crippen LogP contribution is 2.42. The molecule has 1 heterocycles. The quantitative estimate of drug-likeness (QED) is 0.637. The van der Waals surface area contributed by atoms with E-state index in [-0.39, 0.29) is 11.7 Å². The van der Waals surface area contributed by atoms with Crippen LogP contribution in [-0.2, 0) is 4.74 Å². The molecule has 4 heteroatoms. The Morgan fingerprint density at radius 1 is 1.40 bits per heavy atom. The van der Waals surface area contributed by atoms with Crippen molar-refractivity contribution in [2.24, 2.45) is 5.92 Å². The Balaban J connectivity index is 1.99. The van der Waals surface area contributed by atoms with Crippen LogP contribution in [-0.4, -0.2) is 34.0 Å². The van der Waals surface area contributed by atoms with Gasteiger partial charge < -0.3 is 9.64 Å². The first-order valence-electron chi connectivity index (χ1n) is 5.52. The molecule has 1 saturated carbocycles. The van der Waals surface area contributed by atoms with Crippen LogP contribution in [0.2, 0.25) is 0 Å². The number of fused-ring (bicyclic) bond motifs is 2. The van der Waals surface area contributed by atoms with Gasteiger partial charge in [-0.15, -0.1) is 0 Å². The molecular formula is C11H18BrNO2. The fourth-order valence-electron chi connectivity index (χ4n) is 2.46. The third kappa shape index (κ3) is 2.14. The second-order valence-corrected chi connectivity index (χ2v) is 6.54. The van der Waals surface area contributed by atoms with Crippen molar-refractivity contribution in [2.75, 3.05) is 6.54 Å². The Bertz CT molecular complexity index is 274. The van der Waals surface area contributed by atoms with Crippen molar-refractivity contribution in [3.63, 3.8) is 0 Å². The summed E-state index contributed by atoms with van der Waals surface area (Å²) in [4.78, 5) is 14.2. The monoisotopic (exact) mass is 275 g/mol. The second kappa shape index (κ2) is 3.65. The summed E-state index contributed by atoms with van der Waals surface area (Å²) in [7, 11) is 0. The van der Waals surface area contributed by atoms with Crippen LogP contribution >= 0.6 is 15.9 Å². The van der Waals surface area contributed by atoms with Crippen LogP contribution in [0, 0.1) is 5.92 Å². The summed E-state index contributed by atoms with van der Waals surface area (Å²) in [5, 5.41) is 0. The molecule has 2 bridgehead atoms. The largest absolute Gasteiger partial charge is 0.444 e. The number of carbonyl (C=O) groups excluding carboxylic acids is 1. The standard InChI is InChI=1S/C11H18BrNO2/c1-11(2,3)15-10(14)13-6-7-4-5-8(13)9(7)12/h7-9H,4-6H2,1-3H3/t7-,8-,9+/m0/s1. The van der Waals surface area contributed by atoms with Gasteiger partial charge in [0, 0.05) is 17.4 Å². The van der Waals surface area contributed by atoms with Crippen molar-refractivity contribution in [1.82, 2.24) is 4.90 Å². The fraction of sp³-hybridized carbons (Fsp3) is 0.909. The molecule has 3 atom stereocenters. The van der Waals surface area contributed by atoms with Crippen molar-refractivity contribution < 1.29 is 9.53 Å². The minimum Gasteiger partial charge on any atom is -0.444 e. The molecule has 1 aliphatic heterocycles. The van der Waals surface area contributed by atoms with Gasteiger partial charge in [0.2, 0.25) is 0 Å². The third-order valence-corrected chi connectivity index (χ3v) is 4.47. The Hall–Kier alpha value is -0.250. The summed E-state index contributed by atoms with van der Waals surface area (Å²) < 4.78 is 5.39. The van der Waals surface area contributed by atoms with E-state index in [2.05, 4.69) is 15.9 Å². The topological polar surface area (TPSA) is 29.5 Å². The zero-order chi connectivity index (χ0) is 11.2. The lowest BCUT2D eigenvalue weighted by atomic mass is 10.1. The molecule has 1 aliphatic carbocycles. The predicted octanol–water partition coefficient (Wildman–Crippen LogP) is 2.78. The normalized spacial score (nSPS) is 34.7. The maximum Gasteiger partial charge on any atom is 0.410 e. The van der Waals surface area contributed by atoms with Crippen LogP contribution in [0.4, 0.5) is 4.79 Å². The van der Waals surface area contributed by atoms with Gasteiger partial charge in [0.15, 0.2) is 0 Å². The van der Waals surface area contributed by atoms with Gasteiger partial charge in [-0.1, -0.05) is 15.9 Å². The zero-order valence-electron chi connectivity index (χ0n) is 9.50. The van der Waals surface area contributed by atoms with E-state index in [1.54, 1.807) is 0 Å². The molecule has 1 amide bonds. The maximum atomic E-state index is 11.9. The second-order valence-electron chi connectivity index (χ2n) is 5.48. The van der Waals surface area contributed by atoms with E-state index >= 15 is 0 Å². The number of likely N-dealkylation sites (tertiary alicyclic amines) is 1. The number of halogens is 1. The molecule has 15 heavy (non-hydrogen) atoms. The van der Waals surface area contributed by atoms with Gasteiger partial charge >= 0.3 is 6.09 Å². The van der Waals surface area contributed by atoms with Gasteiger partial charge in [-0.2, -0.15) is 0 Å². The van der Waals surface area contributed by atoms with Gasteiger partial charge in [-0.05, 0) is 39.5 Å². The number of piperidine rings is 1. The smallest absolute Gasteiger partial charge is 0.410 e. The Morgan fingerprint density at radius 3 is 2.47 bits per heavy atom. The average Bonchev–Trinajstić information content (AvgIpc) is 2.59. The van der Waals surface area contributed by atoms with Crippen LogP contribution in [0.1, 0.15) is 33.6 Å². The summed E-state index contributed by atoms with van der Waals surface area (Å²) >= 11 is 3.67. The number of nitrogens with zero attached hydrogens (tertiary/aromatic N) is 1. The molecule has 86 valence electrons. The maximum absolute atomic E-state index is 11.9. The first kappa shape index (κ1) is 11.2. The van der Waals surface area contributed by atoms with Gasteiger partial charge in [0.1, 0.15) is 5.60 Å². The lowest BCUT2D eigenvalue weighted by Gasteiger charge is -2.30. The van der Waals surface area contributed by atoms with Crippen LogP contribution in [0.5, 0.6) is 0 Å². The Labute approximate surface area is 99.3 Å². The van der Waals surface area contributed by atoms with E-state index in [0.29, 0.717) is 16.8 Å². The third-order valence-electron chi connectivity index (χ3n) is 3.11. The lowest BCUT2D eigenvalue weighted by molar-refractivity contribution is 0.0192. The van der Waals surface area contributed by atoms with E-state index in [1.165, 1.54) is 6.42 Å². The number of hydrogen-bond donors (Lipinski definition) is 0. The molecular weight excluding hydrogens is 258 g/mol. The molecule has 0 aromatic rings. The van der Waals surface area contributed by atoms with E-state index in [9.17, 15) is 4.79 Å². The van der Waals surface area contributed by atoms with Gasteiger partial charge in [0.25, 0.3) is 0 Å². The average molecular weight is 276 g/mol. The molecule has 1 saturated heterocycles. The summed E-state index contributed by atoms with van der Waals surface area (Å²) in [6, 6.07) is 0.352. The van der Waals surface area contributed by atoms with Crippen LogP contribution in [0.3, 0.4) is 0 Å². The lowest BCUT2D eigenvalue weighted by Crippen LogP contribution is -2.42. The highest BCUT2D eigenvalue weighted by molar-refractivity contribution is 9.09. The summed E-state index contributed by atoms with van der Waals surface area (Å²) in [5.41, 5.74) is -0.388. The number of alkyl halides is 1. The number of ether oxygens (including phenoxy) is 1. The number of carbonyl (C=O) groups is 1. The van der Waals surface area contributed by atoms with Gasteiger partial charge in [-0.25, -0.2) is 4.79 Å². The summed E-state index contributed by atoms with van der Waals surface area (Å²) in [6.45, 7) is 6.58. The Kier molecular flexibility index (Phi) is 2.73. The van der Waals surface area contributed by atoms with Crippen molar-refractivity contribution in [3.8, 4) is 0 Å². The van der Waals surface area contributed by atoms with Gasteiger partial charge in [0.05, 0.1) is 0 Å². The predicted molar refractivity (Wildman–Crippen MR) is 62.2 cm³/mol. The number of rotatable bonds is 0. The zero-order valence-corrected chi connectivity index (χ0v) is 11.1. The van der Waals surface area contributed by atoms with Crippen LogP contribution in [0.15, 0.2) is 0 Å². The molecule has 0 aromatic carbocycles. The number of hydrogen-bond acceptors (Lipinski definition) is 2. The summed E-state index contributed by atoms with van der Waals surface area (Å²) in [6.07, 6.45) is 2.19. The molecule has 0 unspecified atom stereocenters. The SMILES string of the molecule is CC(C)(C)OC(=O)N1C[C@@H]2CC[C@H]1[C@@H]2Br. The fourth-order valence-corrected chi connectivity index (χ4v) is 3.44. The van der Waals surface area contributed by atoms with E-state index in [1.807, 2.05) is 25.7 Å². The first-order valence-corrected chi connectivity index (χ1v) is 6.44. The minimum absolute atomic E-state index is 0.154. The van der Waals surface area contributed by atoms with Crippen molar-refractivity contribution in [1.29, 1.82) is 0 Å². The number of amides is 1. The summed E-state index contributed by atoms with van der Waals surface area (Å²) in [5.74, 6) is 0.627. The van der Waals surface area contributed by atoms with Crippen LogP contribution in [0.25, 0.3) is 0 Å². The molecule has 0 radical (unpaired) electrons. The molecule has 2 aliphatic rings. The highest BCUT2D eigenvalue weighted by atomic mass is 79.9. The highest BCUT2D eigenvalue weighted by Gasteiger charge is 2.48. The van der Waals surface area contributed by atoms with Gasteiger partial charge in [-0.3, -0.25) is 0 Å². The first-order chi connectivity index (χ1) is 6.88. The molecule has 3 nitrogen and oxygen atoms in total.